The van der Waals surface area contributed by atoms with Crippen LogP contribution in [0.1, 0.15) is 42.8 Å². The molecule has 0 fully saturated rings. The Morgan fingerprint density at radius 2 is 2.00 bits per heavy atom. The van der Waals surface area contributed by atoms with E-state index in [0.29, 0.717) is 6.04 Å². The molecular weight excluding hydrogens is 433 g/mol. The Morgan fingerprint density at radius 1 is 1.29 bits per heavy atom. The molecule has 5 nitrogen and oxygen atoms in total. The Labute approximate surface area is 168 Å². The average Bonchev–Trinajstić information content (AvgIpc) is 2.84. The molecule has 0 spiro atoms. The summed E-state index contributed by atoms with van der Waals surface area (Å²) in [4.78, 5) is 12.9. The molecule has 1 atom stereocenters. The molecule has 0 saturated carbocycles. The molecule has 7 heteroatoms. The summed E-state index contributed by atoms with van der Waals surface area (Å²) in [6, 6.07) is 0.608. The molecule has 0 aliphatic heterocycles. The predicted octanol–water partition coefficient (Wildman–Crippen LogP) is 3.21. The van der Waals surface area contributed by atoms with Crippen molar-refractivity contribution in [3.05, 3.63) is 15.6 Å². The summed E-state index contributed by atoms with van der Waals surface area (Å²) in [5.74, 6) is 0.898. The molecule has 1 unspecified atom stereocenters. The molecule has 0 radical (unpaired) electrons. The summed E-state index contributed by atoms with van der Waals surface area (Å²) in [5, 5.41) is 7.90. The highest BCUT2D eigenvalue weighted by atomic mass is 127. The third kappa shape index (κ3) is 8.62. The van der Waals surface area contributed by atoms with Crippen LogP contribution in [0.5, 0.6) is 0 Å². The predicted molar refractivity (Wildman–Crippen MR) is 117 cm³/mol. The highest BCUT2D eigenvalue weighted by molar-refractivity contribution is 14.0. The van der Waals surface area contributed by atoms with E-state index in [2.05, 4.69) is 67.2 Å². The molecule has 0 saturated heterocycles. The molecule has 2 N–H and O–H groups in total. The first-order valence-corrected chi connectivity index (χ1v) is 9.44. The number of halogens is 1. The maximum atomic E-state index is 4.66. The van der Waals surface area contributed by atoms with E-state index in [1.54, 1.807) is 11.3 Å². The molecule has 24 heavy (non-hydrogen) atoms. The van der Waals surface area contributed by atoms with Crippen LogP contribution in [0.25, 0.3) is 0 Å². The van der Waals surface area contributed by atoms with Gasteiger partial charge in [-0.05, 0) is 41.2 Å². The first kappa shape index (κ1) is 23.6. The first-order valence-electron chi connectivity index (χ1n) is 8.63. The van der Waals surface area contributed by atoms with Gasteiger partial charge >= 0.3 is 0 Å². The Kier molecular flexibility index (Phi) is 12.7. The third-order valence-corrected chi connectivity index (χ3v) is 5.25. The zero-order valence-corrected chi connectivity index (χ0v) is 19.1. The summed E-state index contributed by atoms with van der Waals surface area (Å²) in [6.45, 7) is 14.3. The lowest BCUT2D eigenvalue weighted by Crippen LogP contribution is -2.39. The quantitative estimate of drug-likeness (QED) is 0.333. The number of aromatic nitrogens is 1. The topological polar surface area (TPSA) is 52.6 Å². The van der Waals surface area contributed by atoms with Gasteiger partial charge in [-0.2, -0.15) is 0 Å². The van der Waals surface area contributed by atoms with Gasteiger partial charge in [-0.25, -0.2) is 4.98 Å². The summed E-state index contributed by atoms with van der Waals surface area (Å²) < 4.78 is 0. The van der Waals surface area contributed by atoms with Crippen molar-refractivity contribution in [2.45, 2.75) is 53.5 Å². The number of rotatable bonds is 9. The van der Waals surface area contributed by atoms with Crippen LogP contribution in [0, 0.1) is 13.8 Å². The van der Waals surface area contributed by atoms with Crippen LogP contribution in [0.15, 0.2) is 4.99 Å². The molecule has 1 aromatic heterocycles. The van der Waals surface area contributed by atoms with Crippen LogP contribution in [0.2, 0.25) is 0 Å². The standard InChI is InChI=1S/C17H33N5S.HI/c1-7-13(3)22(6)12-11-20-17(18-8-2)19-10-9-16-21-14(4)15(5)23-16;/h13H,7-12H2,1-6H3,(H2,18,19,20);1H. The Hall–Kier alpha value is -0.410. The van der Waals surface area contributed by atoms with Gasteiger partial charge in [-0.1, -0.05) is 6.92 Å². The van der Waals surface area contributed by atoms with Gasteiger partial charge in [-0.3, -0.25) is 4.99 Å². The molecular formula is C17H34IN5S. The summed E-state index contributed by atoms with van der Waals surface area (Å²) in [6.07, 6.45) is 2.11. The first-order chi connectivity index (χ1) is 11.0. The molecule has 0 aliphatic carbocycles. The van der Waals surface area contributed by atoms with Crippen molar-refractivity contribution in [3.8, 4) is 0 Å². The zero-order chi connectivity index (χ0) is 17.2. The fraction of sp³-hybridized carbons (Fsp3) is 0.765. The summed E-state index contributed by atoms with van der Waals surface area (Å²) in [7, 11) is 2.16. The number of guanidine groups is 1. The van der Waals surface area contributed by atoms with Crippen molar-refractivity contribution in [3.63, 3.8) is 0 Å². The number of likely N-dealkylation sites (N-methyl/N-ethyl adjacent to an activating group) is 1. The summed E-state index contributed by atoms with van der Waals surface area (Å²) in [5.41, 5.74) is 1.15. The smallest absolute Gasteiger partial charge is 0.191 e. The van der Waals surface area contributed by atoms with Crippen LogP contribution in [0.3, 0.4) is 0 Å². The molecule has 0 aromatic carbocycles. The van der Waals surface area contributed by atoms with Crippen LogP contribution in [-0.4, -0.2) is 55.1 Å². The minimum atomic E-state index is 0. The lowest BCUT2D eigenvalue weighted by Gasteiger charge is -2.22. The average molecular weight is 467 g/mol. The molecule has 1 heterocycles. The van der Waals surface area contributed by atoms with Gasteiger partial charge in [0.15, 0.2) is 5.96 Å². The van der Waals surface area contributed by atoms with Crippen molar-refractivity contribution in [2.24, 2.45) is 4.99 Å². The summed E-state index contributed by atoms with van der Waals surface area (Å²) >= 11 is 1.79. The second-order valence-electron chi connectivity index (χ2n) is 5.92. The minimum absolute atomic E-state index is 0. The molecule has 140 valence electrons. The number of hydrogen-bond donors (Lipinski definition) is 2. The maximum Gasteiger partial charge on any atom is 0.191 e. The van der Waals surface area contributed by atoms with E-state index in [1.165, 1.54) is 16.3 Å². The van der Waals surface area contributed by atoms with E-state index in [0.717, 1.165) is 44.3 Å². The normalized spacial score (nSPS) is 12.9. The SMILES string of the molecule is CCNC(=NCCN(C)C(C)CC)NCCc1nc(C)c(C)s1.I. The van der Waals surface area contributed by atoms with E-state index >= 15 is 0 Å². The van der Waals surface area contributed by atoms with E-state index in [-0.39, 0.29) is 24.0 Å². The number of nitrogens with one attached hydrogen (secondary N) is 2. The van der Waals surface area contributed by atoms with E-state index < -0.39 is 0 Å². The fourth-order valence-corrected chi connectivity index (χ4v) is 3.06. The fourth-order valence-electron chi connectivity index (χ4n) is 2.13. The van der Waals surface area contributed by atoms with Crippen LogP contribution < -0.4 is 10.6 Å². The second kappa shape index (κ2) is 12.9. The molecule has 0 amide bonds. The van der Waals surface area contributed by atoms with Crippen LogP contribution >= 0.6 is 35.3 Å². The Morgan fingerprint density at radius 3 is 2.54 bits per heavy atom. The molecule has 0 bridgehead atoms. The monoisotopic (exact) mass is 467 g/mol. The molecule has 1 aromatic rings. The van der Waals surface area contributed by atoms with E-state index in [1.807, 2.05) is 0 Å². The van der Waals surface area contributed by atoms with Gasteiger partial charge in [0, 0.05) is 37.0 Å². The Bertz CT molecular complexity index is 470. The largest absolute Gasteiger partial charge is 0.357 e. The van der Waals surface area contributed by atoms with Crippen molar-refractivity contribution in [1.29, 1.82) is 0 Å². The van der Waals surface area contributed by atoms with E-state index in [9.17, 15) is 0 Å². The number of aryl methyl sites for hydroxylation is 2. The van der Waals surface area contributed by atoms with Crippen molar-refractivity contribution < 1.29 is 0 Å². The zero-order valence-electron chi connectivity index (χ0n) is 16.0. The lowest BCUT2D eigenvalue weighted by atomic mass is 10.2. The van der Waals surface area contributed by atoms with Crippen molar-refractivity contribution in [2.75, 3.05) is 33.2 Å². The number of hydrogen-bond acceptors (Lipinski definition) is 4. The number of nitrogens with zero attached hydrogens (tertiary/aromatic N) is 3. The van der Waals surface area contributed by atoms with Gasteiger partial charge in [0.1, 0.15) is 0 Å². The van der Waals surface area contributed by atoms with Gasteiger partial charge < -0.3 is 15.5 Å². The Balaban J connectivity index is 0.00000529. The van der Waals surface area contributed by atoms with Gasteiger partial charge in [0.25, 0.3) is 0 Å². The lowest BCUT2D eigenvalue weighted by molar-refractivity contribution is 0.259. The second-order valence-corrected chi connectivity index (χ2v) is 7.21. The van der Waals surface area contributed by atoms with Gasteiger partial charge in [0.2, 0.25) is 0 Å². The highest BCUT2D eigenvalue weighted by Gasteiger charge is 2.06. The highest BCUT2D eigenvalue weighted by Crippen LogP contribution is 2.16. The number of aliphatic imine (C=N–C) groups is 1. The third-order valence-electron chi connectivity index (χ3n) is 4.11. The van der Waals surface area contributed by atoms with E-state index in [4.69, 9.17) is 0 Å². The maximum absolute atomic E-state index is 4.66. The number of thiazole rings is 1. The van der Waals surface area contributed by atoms with Crippen molar-refractivity contribution in [1.82, 2.24) is 20.5 Å². The molecule has 1 rings (SSSR count). The van der Waals surface area contributed by atoms with Gasteiger partial charge in [0.05, 0.1) is 17.2 Å². The van der Waals surface area contributed by atoms with Crippen LogP contribution in [-0.2, 0) is 6.42 Å². The van der Waals surface area contributed by atoms with Crippen LogP contribution in [0.4, 0.5) is 0 Å². The minimum Gasteiger partial charge on any atom is -0.357 e. The van der Waals surface area contributed by atoms with Gasteiger partial charge in [-0.15, -0.1) is 35.3 Å². The molecule has 0 aliphatic rings. The van der Waals surface area contributed by atoms with Crippen molar-refractivity contribution >= 4 is 41.3 Å².